The number of aromatic nitrogens is 1. The number of para-hydroxylation sites is 1. The lowest BCUT2D eigenvalue weighted by Gasteiger charge is -2.16. The van der Waals surface area contributed by atoms with E-state index < -0.39 is 0 Å². The molecule has 2 heterocycles. The molecule has 3 rings (SSSR count). The lowest BCUT2D eigenvalue weighted by Crippen LogP contribution is -2.24. The molecular weight excluding hydrogens is 264 g/mol. The van der Waals surface area contributed by atoms with Crippen LogP contribution in [0.4, 0.5) is 5.69 Å². The summed E-state index contributed by atoms with van der Waals surface area (Å²) in [5, 5.41) is 0. The number of hydrogen-bond acceptors (Lipinski definition) is 3. The predicted molar refractivity (Wildman–Crippen MR) is 81.4 cm³/mol. The highest BCUT2D eigenvalue weighted by molar-refractivity contribution is 5.95. The van der Waals surface area contributed by atoms with Crippen LogP contribution >= 0.6 is 0 Å². The average molecular weight is 282 g/mol. The van der Waals surface area contributed by atoms with Crippen molar-refractivity contribution in [3.05, 3.63) is 54.4 Å². The van der Waals surface area contributed by atoms with Crippen LogP contribution in [-0.2, 0) is 11.2 Å². The highest BCUT2D eigenvalue weighted by Gasteiger charge is 2.30. The van der Waals surface area contributed by atoms with E-state index in [1.165, 1.54) is 0 Å². The molecule has 0 saturated carbocycles. The molecule has 0 N–H and O–H groups in total. The van der Waals surface area contributed by atoms with Crippen LogP contribution in [0, 0.1) is 5.92 Å². The Hall–Kier alpha value is -2.36. The minimum absolute atomic E-state index is 0.196. The second-order valence-corrected chi connectivity index (χ2v) is 5.35. The maximum Gasteiger partial charge on any atom is 0.227 e. The molecule has 1 fully saturated rings. The summed E-state index contributed by atoms with van der Waals surface area (Å²) in [6, 6.07) is 11.8. The number of nitrogens with zero attached hydrogens (tertiary/aromatic N) is 2. The van der Waals surface area contributed by atoms with Crippen molar-refractivity contribution in [3.63, 3.8) is 0 Å². The third-order valence-corrected chi connectivity index (χ3v) is 3.80. The zero-order chi connectivity index (χ0) is 14.7. The fourth-order valence-electron chi connectivity index (χ4n) is 2.80. The summed E-state index contributed by atoms with van der Waals surface area (Å²) in [6.07, 6.45) is 4.98. The minimum atomic E-state index is 0.196. The number of pyridine rings is 1. The highest BCUT2D eigenvalue weighted by atomic mass is 16.5. The van der Waals surface area contributed by atoms with Gasteiger partial charge < -0.3 is 9.64 Å². The first-order chi connectivity index (χ1) is 10.3. The highest BCUT2D eigenvalue weighted by Crippen LogP contribution is 2.27. The van der Waals surface area contributed by atoms with Gasteiger partial charge in [0.15, 0.2) is 0 Å². The summed E-state index contributed by atoms with van der Waals surface area (Å²) in [5.74, 6) is 1.28. The van der Waals surface area contributed by atoms with Crippen LogP contribution in [-0.4, -0.2) is 24.5 Å². The molecule has 1 aliphatic heterocycles. The molecule has 1 atom stereocenters. The molecule has 0 radical (unpaired) electrons. The summed E-state index contributed by atoms with van der Waals surface area (Å²) in [5.41, 5.74) is 2.09. The fraction of sp³-hybridized carbons (Fsp3) is 0.294. The molecule has 2 aromatic rings. The van der Waals surface area contributed by atoms with Crippen molar-refractivity contribution < 1.29 is 9.53 Å². The fourth-order valence-corrected chi connectivity index (χ4v) is 2.80. The largest absolute Gasteiger partial charge is 0.495 e. The SMILES string of the molecule is COc1cncc(C[C@@H]2CC(=O)N(c3ccccc3)C2)c1. The van der Waals surface area contributed by atoms with Gasteiger partial charge in [-0.1, -0.05) is 18.2 Å². The molecule has 21 heavy (non-hydrogen) atoms. The summed E-state index contributed by atoms with van der Waals surface area (Å²) < 4.78 is 5.19. The third kappa shape index (κ3) is 3.05. The number of amides is 1. The van der Waals surface area contributed by atoms with Crippen molar-refractivity contribution in [2.75, 3.05) is 18.6 Å². The van der Waals surface area contributed by atoms with Gasteiger partial charge in [-0.25, -0.2) is 0 Å². The van der Waals surface area contributed by atoms with E-state index in [4.69, 9.17) is 4.74 Å². The molecule has 1 aromatic carbocycles. The van der Waals surface area contributed by atoms with Gasteiger partial charge in [-0.05, 0) is 36.1 Å². The van der Waals surface area contributed by atoms with Crippen LogP contribution in [0.25, 0.3) is 0 Å². The molecule has 1 aromatic heterocycles. The van der Waals surface area contributed by atoms with Gasteiger partial charge in [0.2, 0.25) is 5.91 Å². The maximum absolute atomic E-state index is 12.2. The Balaban J connectivity index is 1.70. The number of benzene rings is 1. The Kier molecular flexibility index (Phi) is 3.86. The summed E-state index contributed by atoms with van der Waals surface area (Å²) in [4.78, 5) is 18.2. The quantitative estimate of drug-likeness (QED) is 0.866. The van der Waals surface area contributed by atoms with Gasteiger partial charge in [-0.2, -0.15) is 0 Å². The maximum atomic E-state index is 12.2. The van der Waals surface area contributed by atoms with Gasteiger partial charge >= 0.3 is 0 Å². The number of anilines is 1. The number of rotatable bonds is 4. The first-order valence-corrected chi connectivity index (χ1v) is 7.09. The number of carbonyl (C=O) groups excluding carboxylic acids is 1. The second kappa shape index (κ2) is 5.95. The van der Waals surface area contributed by atoms with Gasteiger partial charge in [-0.3, -0.25) is 9.78 Å². The number of hydrogen-bond donors (Lipinski definition) is 0. The van der Waals surface area contributed by atoms with E-state index in [0.29, 0.717) is 12.3 Å². The Bertz CT molecular complexity index is 628. The molecule has 1 amide bonds. The van der Waals surface area contributed by atoms with Gasteiger partial charge in [-0.15, -0.1) is 0 Å². The summed E-state index contributed by atoms with van der Waals surface area (Å²) in [6.45, 7) is 0.764. The summed E-state index contributed by atoms with van der Waals surface area (Å²) >= 11 is 0. The van der Waals surface area contributed by atoms with Crippen LogP contribution < -0.4 is 9.64 Å². The van der Waals surface area contributed by atoms with Crippen LogP contribution in [0.5, 0.6) is 5.75 Å². The number of carbonyl (C=O) groups is 1. The molecule has 1 aliphatic rings. The minimum Gasteiger partial charge on any atom is -0.495 e. The molecule has 0 unspecified atom stereocenters. The van der Waals surface area contributed by atoms with Crippen molar-refractivity contribution in [1.82, 2.24) is 4.98 Å². The van der Waals surface area contributed by atoms with E-state index in [2.05, 4.69) is 4.98 Å². The lowest BCUT2D eigenvalue weighted by atomic mass is 10.00. The van der Waals surface area contributed by atoms with Crippen LogP contribution in [0.3, 0.4) is 0 Å². The van der Waals surface area contributed by atoms with E-state index in [9.17, 15) is 4.79 Å². The van der Waals surface area contributed by atoms with Gasteiger partial charge in [0.1, 0.15) is 5.75 Å². The number of methoxy groups -OCH3 is 1. The molecular formula is C17H18N2O2. The molecule has 0 aliphatic carbocycles. The molecule has 4 nitrogen and oxygen atoms in total. The Morgan fingerprint density at radius 2 is 2.10 bits per heavy atom. The van der Waals surface area contributed by atoms with Crippen molar-refractivity contribution in [2.45, 2.75) is 12.8 Å². The van der Waals surface area contributed by atoms with Crippen LogP contribution in [0.2, 0.25) is 0 Å². The monoisotopic (exact) mass is 282 g/mol. The van der Waals surface area contributed by atoms with Crippen LogP contribution in [0.15, 0.2) is 48.8 Å². The lowest BCUT2D eigenvalue weighted by molar-refractivity contribution is -0.117. The smallest absolute Gasteiger partial charge is 0.227 e. The predicted octanol–water partition coefficient (Wildman–Crippen LogP) is 2.69. The molecule has 0 bridgehead atoms. The van der Waals surface area contributed by atoms with Gasteiger partial charge in [0.25, 0.3) is 0 Å². The standard InChI is InChI=1S/C17H18N2O2/c1-21-16-8-13(10-18-11-16)7-14-9-17(20)19(12-14)15-5-3-2-4-6-15/h2-6,8,10-11,14H,7,9,12H2,1H3/t14-/m1/s1. The van der Waals surface area contributed by atoms with Crippen molar-refractivity contribution >= 4 is 11.6 Å². The van der Waals surface area contributed by atoms with Crippen molar-refractivity contribution in [2.24, 2.45) is 5.92 Å². The molecule has 0 spiro atoms. The number of ether oxygens (including phenoxy) is 1. The second-order valence-electron chi connectivity index (χ2n) is 5.35. The van der Waals surface area contributed by atoms with E-state index in [-0.39, 0.29) is 5.91 Å². The molecule has 108 valence electrons. The van der Waals surface area contributed by atoms with Crippen molar-refractivity contribution in [1.29, 1.82) is 0 Å². The van der Waals surface area contributed by atoms with Gasteiger partial charge in [0, 0.05) is 24.8 Å². The summed E-state index contributed by atoms with van der Waals surface area (Å²) in [7, 11) is 1.64. The Labute approximate surface area is 124 Å². The van der Waals surface area contributed by atoms with E-state index >= 15 is 0 Å². The van der Waals surface area contributed by atoms with Crippen molar-refractivity contribution in [3.8, 4) is 5.75 Å². The Morgan fingerprint density at radius 1 is 1.29 bits per heavy atom. The first kappa shape index (κ1) is 13.6. The zero-order valence-corrected chi connectivity index (χ0v) is 12.0. The van der Waals surface area contributed by atoms with E-state index in [0.717, 1.165) is 30.0 Å². The third-order valence-electron chi connectivity index (χ3n) is 3.80. The zero-order valence-electron chi connectivity index (χ0n) is 12.0. The van der Waals surface area contributed by atoms with Gasteiger partial charge in [0.05, 0.1) is 13.3 Å². The van der Waals surface area contributed by atoms with Crippen LogP contribution in [0.1, 0.15) is 12.0 Å². The van der Waals surface area contributed by atoms with E-state index in [1.807, 2.05) is 47.5 Å². The molecule has 4 heteroatoms. The topological polar surface area (TPSA) is 42.4 Å². The Morgan fingerprint density at radius 3 is 2.86 bits per heavy atom. The average Bonchev–Trinajstić information content (AvgIpc) is 2.89. The molecule has 1 saturated heterocycles. The van der Waals surface area contributed by atoms with E-state index in [1.54, 1.807) is 13.3 Å². The normalized spacial score (nSPS) is 18.0. The first-order valence-electron chi connectivity index (χ1n) is 7.09.